The highest BCUT2D eigenvalue weighted by Crippen LogP contribution is 2.18. The Labute approximate surface area is 182 Å². The van der Waals surface area contributed by atoms with E-state index in [2.05, 4.69) is 32.7 Å². The molecule has 31 heavy (non-hydrogen) atoms. The molecule has 0 aliphatic heterocycles. The first-order chi connectivity index (χ1) is 15.1. The predicted molar refractivity (Wildman–Crippen MR) is 128 cm³/mol. The van der Waals surface area contributed by atoms with Crippen molar-refractivity contribution in [1.29, 1.82) is 0 Å². The monoisotopic (exact) mass is 410 g/mol. The molecule has 5 heteroatoms. The fourth-order valence-electron chi connectivity index (χ4n) is 3.46. The fraction of sp³-hybridized carbons (Fsp3) is 0.154. The van der Waals surface area contributed by atoms with E-state index < -0.39 is 0 Å². The summed E-state index contributed by atoms with van der Waals surface area (Å²) in [7, 11) is 0. The molecule has 0 aliphatic carbocycles. The largest absolute Gasteiger partial charge is 0.361 e. The summed E-state index contributed by atoms with van der Waals surface area (Å²) in [6.45, 7) is 4.57. The van der Waals surface area contributed by atoms with Gasteiger partial charge in [-0.05, 0) is 55.7 Å². The van der Waals surface area contributed by atoms with Gasteiger partial charge in [0.1, 0.15) is 0 Å². The topological polar surface area (TPSA) is 69.3 Å². The zero-order valence-corrected chi connectivity index (χ0v) is 17.8. The summed E-state index contributed by atoms with van der Waals surface area (Å²) in [6.07, 6.45) is 2.79. The first kappa shape index (κ1) is 20.4. The Hall–Kier alpha value is -3.86. The van der Waals surface area contributed by atoms with Gasteiger partial charge in [-0.25, -0.2) is 0 Å². The number of benzene rings is 3. The highest BCUT2D eigenvalue weighted by atomic mass is 16.1. The summed E-state index contributed by atoms with van der Waals surface area (Å²) >= 11 is 0. The second kappa shape index (κ2) is 9.30. The number of H-pyrrole nitrogens is 1. The van der Waals surface area contributed by atoms with Gasteiger partial charge in [0.05, 0.1) is 0 Å². The minimum Gasteiger partial charge on any atom is -0.361 e. The van der Waals surface area contributed by atoms with Crippen molar-refractivity contribution in [2.75, 3.05) is 11.9 Å². The summed E-state index contributed by atoms with van der Waals surface area (Å²) in [6, 6.07) is 23.7. The van der Waals surface area contributed by atoms with Gasteiger partial charge in [0.15, 0.2) is 0 Å². The van der Waals surface area contributed by atoms with Crippen molar-refractivity contribution >= 4 is 28.5 Å². The van der Waals surface area contributed by atoms with Crippen LogP contribution in [-0.4, -0.2) is 23.4 Å². The maximum absolute atomic E-state index is 12.8. The molecule has 156 valence electrons. The van der Waals surface area contributed by atoms with Crippen LogP contribution in [0.1, 0.15) is 27.0 Å². The lowest BCUT2D eigenvalue weighted by molar-refractivity contribution is 0.0977. The summed E-state index contributed by atoms with van der Waals surface area (Å²) < 4.78 is 0. The Morgan fingerprint density at radius 1 is 0.935 bits per heavy atom. The van der Waals surface area contributed by atoms with E-state index in [0.717, 1.165) is 28.8 Å². The van der Waals surface area contributed by atoms with Crippen LogP contribution >= 0.6 is 0 Å². The summed E-state index contributed by atoms with van der Waals surface area (Å²) in [5, 5.41) is 7.43. The van der Waals surface area contributed by atoms with Gasteiger partial charge < -0.3 is 10.3 Å². The van der Waals surface area contributed by atoms with E-state index in [4.69, 9.17) is 0 Å². The van der Waals surface area contributed by atoms with E-state index in [1.807, 2.05) is 80.7 Å². The summed E-state index contributed by atoms with van der Waals surface area (Å²) in [5.74, 6) is 0.256. The van der Waals surface area contributed by atoms with Crippen molar-refractivity contribution in [3.8, 4) is 0 Å². The normalized spacial score (nSPS) is 11.5. The number of carbonyl (C=O) groups excluding carboxylic acids is 1. The van der Waals surface area contributed by atoms with Crippen LogP contribution in [0.5, 0.6) is 0 Å². The van der Waals surface area contributed by atoms with Crippen molar-refractivity contribution in [2.45, 2.75) is 20.3 Å². The first-order valence-corrected chi connectivity index (χ1v) is 10.4. The number of aliphatic imine (C=N–C) groups is 1. The molecule has 0 saturated heterocycles. The molecule has 4 aromatic rings. The third-order valence-electron chi connectivity index (χ3n) is 5.27. The van der Waals surface area contributed by atoms with E-state index in [0.29, 0.717) is 18.1 Å². The van der Waals surface area contributed by atoms with Gasteiger partial charge >= 0.3 is 0 Å². The number of anilines is 1. The molecule has 0 bridgehead atoms. The second-order valence-corrected chi connectivity index (χ2v) is 7.60. The lowest BCUT2D eigenvalue weighted by Gasteiger charge is -2.13. The van der Waals surface area contributed by atoms with Crippen LogP contribution in [0, 0.1) is 13.8 Å². The maximum Gasteiger partial charge on any atom is 0.257 e. The molecule has 0 radical (unpaired) electrons. The van der Waals surface area contributed by atoms with E-state index in [1.165, 1.54) is 10.9 Å². The summed E-state index contributed by atoms with van der Waals surface area (Å²) in [5.41, 5.74) is 6.03. The number of aryl methyl sites for hydroxylation is 2. The van der Waals surface area contributed by atoms with Crippen molar-refractivity contribution < 1.29 is 4.79 Å². The molecule has 3 aromatic carbocycles. The molecule has 0 unspecified atom stereocenters. The predicted octanol–water partition coefficient (Wildman–Crippen LogP) is 5.23. The number of guanidine groups is 1. The van der Waals surface area contributed by atoms with Crippen molar-refractivity contribution in [2.24, 2.45) is 4.99 Å². The lowest BCUT2D eigenvalue weighted by Crippen LogP contribution is -2.36. The van der Waals surface area contributed by atoms with Gasteiger partial charge in [-0.2, -0.15) is 0 Å². The van der Waals surface area contributed by atoms with Crippen LogP contribution in [-0.2, 0) is 6.42 Å². The number of aromatic nitrogens is 1. The van der Waals surface area contributed by atoms with E-state index in [9.17, 15) is 4.79 Å². The number of nitrogens with one attached hydrogen (secondary N) is 3. The molecule has 0 aliphatic rings. The lowest BCUT2D eigenvalue weighted by atomic mass is 10.1. The van der Waals surface area contributed by atoms with Crippen LogP contribution < -0.4 is 10.6 Å². The highest BCUT2D eigenvalue weighted by molar-refractivity contribution is 6.10. The standard InChI is InChI=1S/C26H26N4O/c1-18-11-13-20(14-12-18)25(31)30-26(29-23-9-5-3-7-19(23)2)27-16-15-21-17-28-24-10-6-4-8-22(21)24/h3-14,17,28H,15-16H2,1-2H3,(H2,27,29,30,31). The van der Waals surface area contributed by atoms with Crippen molar-refractivity contribution in [1.82, 2.24) is 10.3 Å². The molecule has 3 N–H and O–H groups in total. The average molecular weight is 411 g/mol. The minimum absolute atomic E-state index is 0.188. The Balaban J connectivity index is 1.52. The molecule has 0 saturated carbocycles. The third kappa shape index (κ3) is 5.01. The quantitative estimate of drug-likeness (QED) is 0.312. The number of fused-ring (bicyclic) bond motifs is 1. The molecule has 5 nitrogen and oxygen atoms in total. The fourth-order valence-corrected chi connectivity index (χ4v) is 3.46. The third-order valence-corrected chi connectivity index (χ3v) is 5.27. The number of nitrogens with zero attached hydrogens (tertiary/aromatic N) is 1. The van der Waals surface area contributed by atoms with Crippen molar-refractivity contribution in [3.05, 3.63) is 101 Å². The zero-order chi connectivity index (χ0) is 21.6. The smallest absolute Gasteiger partial charge is 0.257 e. The van der Waals surface area contributed by atoms with Gasteiger partial charge in [-0.1, -0.05) is 54.1 Å². The molecule has 4 rings (SSSR count). The molecule has 0 spiro atoms. The number of carbonyl (C=O) groups is 1. The number of amides is 1. The minimum atomic E-state index is -0.188. The molecular weight excluding hydrogens is 384 g/mol. The number of rotatable bonds is 5. The van der Waals surface area contributed by atoms with Crippen LogP contribution in [0.25, 0.3) is 10.9 Å². The highest BCUT2D eigenvalue weighted by Gasteiger charge is 2.10. The van der Waals surface area contributed by atoms with Crippen molar-refractivity contribution in [3.63, 3.8) is 0 Å². The number of hydrogen-bond donors (Lipinski definition) is 3. The van der Waals surface area contributed by atoms with Gasteiger partial charge in [0, 0.05) is 34.9 Å². The molecule has 1 amide bonds. The molecular formula is C26H26N4O. The Morgan fingerprint density at radius 2 is 1.68 bits per heavy atom. The molecule has 1 heterocycles. The second-order valence-electron chi connectivity index (χ2n) is 7.60. The number of para-hydroxylation sites is 2. The van der Waals surface area contributed by atoms with Gasteiger partial charge in [-0.3, -0.25) is 15.1 Å². The molecule has 0 fully saturated rings. The SMILES string of the molecule is Cc1ccc(C(=O)NC(=NCCc2c[nH]c3ccccc23)Nc2ccccc2C)cc1. The van der Waals surface area contributed by atoms with E-state index in [1.54, 1.807) is 0 Å². The van der Waals surface area contributed by atoms with Crippen LogP contribution in [0.3, 0.4) is 0 Å². The van der Waals surface area contributed by atoms with Gasteiger partial charge in [0.2, 0.25) is 5.96 Å². The number of hydrogen-bond acceptors (Lipinski definition) is 2. The molecule has 1 aromatic heterocycles. The first-order valence-electron chi connectivity index (χ1n) is 10.4. The van der Waals surface area contributed by atoms with E-state index >= 15 is 0 Å². The van der Waals surface area contributed by atoms with Crippen LogP contribution in [0.4, 0.5) is 5.69 Å². The van der Waals surface area contributed by atoms with Gasteiger partial charge in [0.25, 0.3) is 5.91 Å². The summed E-state index contributed by atoms with van der Waals surface area (Å²) in [4.78, 5) is 20.8. The van der Waals surface area contributed by atoms with Crippen LogP contribution in [0.15, 0.2) is 84.0 Å². The van der Waals surface area contributed by atoms with E-state index in [-0.39, 0.29) is 5.91 Å². The Kier molecular flexibility index (Phi) is 6.13. The number of aromatic amines is 1. The van der Waals surface area contributed by atoms with Crippen LogP contribution in [0.2, 0.25) is 0 Å². The maximum atomic E-state index is 12.8. The van der Waals surface area contributed by atoms with Gasteiger partial charge in [-0.15, -0.1) is 0 Å². The Morgan fingerprint density at radius 3 is 2.48 bits per heavy atom. The Bertz CT molecular complexity index is 1220. The zero-order valence-electron chi connectivity index (χ0n) is 17.8. The molecule has 0 atom stereocenters. The average Bonchev–Trinajstić information content (AvgIpc) is 3.19.